The van der Waals surface area contributed by atoms with Gasteiger partial charge in [0.05, 0.1) is 10.6 Å². The van der Waals surface area contributed by atoms with E-state index in [0.717, 1.165) is 25.7 Å². The van der Waals surface area contributed by atoms with Crippen LogP contribution in [0.5, 0.6) is 0 Å². The Hall–Kier alpha value is -0.150. The monoisotopic (exact) mass is 312 g/mol. The number of hydrogen-bond donors (Lipinski definition) is 1. The van der Waals surface area contributed by atoms with Crippen LogP contribution in [0.1, 0.15) is 46.5 Å². The number of aliphatic hydroxyl groups is 1. The number of allylic oxidation sites excluding steroid dienone is 1. The summed E-state index contributed by atoms with van der Waals surface area (Å²) in [6, 6.07) is 0. The molecule has 4 atom stereocenters. The highest BCUT2D eigenvalue weighted by Gasteiger charge is 2.64. The van der Waals surface area contributed by atoms with Crippen molar-refractivity contribution in [2.75, 3.05) is 0 Å². The van der Waals surface area contributed by atoms with Crippen molar-refractivity contribution in [3.63, 3.8) is 0 Å². The van der Waals surface area contributed by atoms with E-state index in [-0.39, 0.29) is 28.1 Å². The molecule has 1 N–H and O–H groups in total. The van der Waals surface area contributed by atoms with Gasteiger partial charge < -0.3 is 5.11 Å². The van der Waals surface area contributed by atoms with Gasteiger partial charge in [0.25, 0.3) is 0 Å². The predicted molar refractivity (Wildman–Crippen MR) is 74.3 cm³/mol. The quantitative estimate of drug-likeness (QED) is 0.744. The van der Waals surface area contributed by atoms with E-state index in [4.69, 9.17) is 0 Å². The van der Waals surface area contributed by atoms with Crippen molar-refractivity contribution in [2.45, 2.75) is 52.6 Å². The summed E-state index contributed by atoms with van der Waals surface area (Å²) in [6.45, 7) is 6.59. The summed E-state index contributed by atoms with van der Waals surface area (Å²) in [5.41, 5.74) is -0.278. The van der Waals surface area contributed by atoms with Crippen molar-refractivity contribution in [3.05, 3.63) is 10.6 Å². The van der Waals surface area contributed by atoms with Crippen LogP contribution in [0.2, 0.25) is 0 Å². The minimum Gasteiger partial charge on any atom is -0.392 e. The molecule has 0 aliphatic heterocycles. The second-order valence-corrected chi connectivity index (χ2v) is 8.33. The molecule has 2 nitrogen and oxygen atoms in total. The molecule has 0 aromatic rings. The molecule has 3 rings (SSSR count). The van der Waals surface area contributed by atoms with Gasteiger partial charge in [-0.25, -0.2) is 0 Å². The van der Waals surface area contributed by atoms with Gasteiger partial charge in [0.2, 0.25) is 0 Å². The van der Waals surface area contributed by atoms with Crippen LogP contribution in [0.25, 0.3) is 0 Å². The second kappa shape index (κ2) is 3.49. The second-order valence-electron chi connectivity index (χ2n) is 7.47. The first-order chi connectivity index (χ1) is 8.21. The van der Waals surface area contributed by atoms with Crippen LogP contribution < -0.4 is 0 Å². The first-order valence-corrected chi connectivity index (χ1v) is 7.62. The summed E-state index contributed by atoms with van der Waals surface area (Å²) >= 11 is 3.44. The van der Waals surface area contributed by atoms with Gasteiger partial charge >= 0.3 is 0 Å². The number of hydrogen-bond acceptors (Lipinski definition) is 2. The molecule has 3 aliphatic carbocycles. The van der Waals surface area contributed by atoms with Crippen LogP contribution in [0.3, 0.4) is 0 Å². The number of carbonyl (C=O) groups excluding carboxylic acids is 1. The Balaban J connectivity index is 2.16. The Morgan fingerprint density at radius 2 is 2.06 bits per heavy atom. The highest BCUT2D eigenvalue weighted by atomic mass is 79.9. The van der Waals surface area contributed by atoms with Gasteiger partial charge in [-0.1, -0.05) is 26.8 Å². The van der Waals surface area contributed by atoms with Gasteiger partial charge in [0, 0.05) is 10.8 Å². The Morgan fingerprint density at radius 3 is 2.72 bits per heavy atom. The molecule has 0 aromatic carbocycles. The average Bonchev–Trinajstić information content (AvgIpc) is 2.42. The van der Waals surface area contributed by atoms with E-state index in [0.29, 0.717) is 10.4 Å². The largest absolute Gasteiger partial charge is 0.392 e. The fourth-order valence-corrected chi connectivity index (χ4v) is 5.85. The van der Waals surface area contributed by atoms with E-state index < -0.39 is 0 Å². The zero-order valence-electron chi connectivity index (χ0n) is 11.3. The van der Waals surface area contributed by atoms with Gasteiger partial charge in [0.1, 0.15) is 0 Å². The molecule has 0 heterocycles. The maximum Gasteiger partial charge on any atom is 0.175 e. The van der Waals surface area contributed by atoms with Crippen molar-refractivity contribution >= 4 is 21.7 Å². The predicted octanol–water partition coefficient (Wildman–Crippen LogP) is 3.43. The number of halogens is 1. The summed E-state index contributed by atoms with van der Waals surface area (Å²) in [5, 5.41) is 10.6. The van der Waals surface area contributed by atoms with Gasteiger partial charge in [0.15, 0.2) is 5.78 Å². The van der Waals surface area contributed by atoms with Crippen molar-refractivity contribution in [1.29, 1.82) is 0 Å². The Bertz CT molecular complexity index is 453. The molecule has 3 heteroatoms. The molecule has 1 spiro atoms. The lowest BCUT2D eigenvalue weighted by molar-refractivity contribution is -0.132. The zero-order chi connectivity index (χ0) is 13.3. The number of fused-ring (bicyclic) bond motifs is 1. The SMILES string of the molecule is CC1(C)C[C@H](O)[C@]23C=C(Br)C(=O)[C@](C)(CC[C@@H]12)C3. The van der Waals surface area contributed by atoms with E-state index >= 15 is 0 Å². The first-order valence-electron chi connectivity index (χ1n) is 6.83. The highest BCUT2D eigenvalue weighted by molar-refractivity contribution is 9.12. The number of Topliss-reactive ketones (excluding diaryl/α,β-unsaturated/α-hetero) is 1. The molecule has 18 heavy (non-hydrogen) atoms. The van der Waals surface area contributed by atoms with Crippen molar-refractivity contribution in [2.24, 2.45) is 22.2 Å². The van der Waals surface area contributed by atoms with Crippen molar-refractivity contribution < 1.29 is 9.90 Å². The van der Waals surface area contributed by atoms with E-state index in [1.807, 2.05) is 6.08 Å². The van der Waals surface area contributed by atoms with Gasteiger partial charge in [-0.05, 0) is 52.9 Å². The third-order valence-electron chi connectivity index (χ3n) is 5.77. The lowest BCUT2D eigenvalue weighted by Crippen LogP contribution is -2.50. The van der Waals surface area contributed by atoms with Crippen molar-refractivity contribution in [3.8, 4) is 0 Å². The van der Waals surface area contributed by atoms with Gasteiger partial charge in [-0.2, -0.15) is 0 Å². The average molecular weight is 313 g/mol. The highest BCUT2D eigenvalue weighted by Crippen LogP contribution is 2.67. The Kier molecular flexibility index (Phi) is 2.49. The fourth-order valence-electron chi connectivity index (χ4n) is 4.95. The fraction of sp³-hybridized carbons (Fsp3) is 0.800. The molecule has 0 radical (unpaired) electrons. The van der Waals surface area contributed by atoms with Crippen LogP contribution in [0.4, 0.5) is 0 Å². The maximum atomic E-state index is 12.3. The smallest absolute Gasteiger partial charge is 0.175 e. The molecule has 0 saturated heterocycles. The van der Waals surface area contributed by atoms with E-state index in [1.165, 1.54) is 0 Å². The van der Waals surface area contributed by atoms with E-state index in [2.05, 4.69) is 36.7 Å². The van der Waals surface area contributed by atoms with E-state index in [9.17, 15) is 9.90 Å². The minimum absolute atomic E-state index is 0.172. The summed E-state index contributed by atoms with van der Waals surface area (Å²) in [6.07, 6.45) is 5.42. The number of ketones is 1. The standard InChI is InChI=1S/C15H21BrO2/c1-13(2)7-11(17)15-6-9(16)12(18)14(3,8-15)5-4-10(13)15/h6,10-11,17H,4-5,7-8H2,1-3H3/t10-,11-,14+,15-/m0/s1. The molecular formula is C15H21BrO2. The Labute approximate surface area is 117 Å². The molecule has 100 valence electrons. The topological polar surface area (TPSA) is 37.3 Å². The number of rotatable bonds is 0. The van der Waals surface area contributed by atoms with Gasteiger partial charge in [-0.15, -0.1) is 0 Å². The molecule has 2 bridgehead atoms. The van der Waals surface area contributed by atoms with Crippen LogP contribution in [0, 0.1) is 22.2 Å². The first kappa shape index (κ1) is 12.9. The molecule has 2 fully saturated rings. The summed E-state index contributed by atoms with van der Waals surface area (Å²) in [4.78, 5) is 12.3. The third kappa shape index (κ3) is 1.41. The lowest BCUT2D eigenvalue weighted by atomic mass is 9.52. The van der Waals surface area contributed by atoms with Crippen LogP contribution in [-0.2, 0) is 4.79 Å². The number of carbonyl (C=O) groups is 1. The number of aliphatic hydroxyl groups excluding tert-OH is 1. The molecule has 0 unspecified atom stereocenters. The normalized spacial score (nSPS) is 49.8. The molecule has 2 saturated carbocycles. The lowest BCUT2D eigenvalue weighted by Gasteiger charge is -2.52. The van der Waals surface area contributed by atoms with Crippen LogP contribution in [-0.4, -0.2) is 17.0 Å². The summed E-state index contributed by atoms with van der Waals surface area (Å²) in [5.74, 6) is 0.720. The summed E-state index contributed by atoms with van der Waals surface area (Å²) < 4.78 is 0.692. The molecule has 0 amide bonds. The Morgan fingerprint density at radius 1 is 1.39 bits per heavy atom. The maximum absolute atomic E-state index is 12.3. The third-order valence-corrected chi connectivity index (χ3v) is 6.36. The van der Waals surface area contributed by atoms with Gasteiger partial charge in [-0.3, -0.25) is 4.79 Å². The molecule has 3 aliphatic rings. The van der Waals surface area contributed by atoms with E-state index in [1.54, 1.807) is 0 Å². The molecule has 0 aromatic heterocycles. The van der Waals surface area contributed by atoms with Crippen molar-refractivity contribution in [1.82, 2.24) is 0 Å². The van der Waals surface area contributed by atoms with Crippen LogP contribution in [0.15, 0.2) is 10.6 Å². The summed E-state index contributed by atoms with van der Waals surface area (Å²) in [7, 11) is 0. The minimum atomic E-state index is -0.308. The molecular weight excluding hydrogens is 292 g/mol. The van der Waals surface area contributed by atoms with Crippen LogP contribution >= 0.6 is 15.9 Å². The zero-order valence-corrected chi connectivity index (χ0v) is 12.9.